The number of thioether (sulfide) groups is 1. The van der Waals surface area contributed by atoms with Crippen molar-refractivity contribution in [1.82, 2.24) is 5.32 Å². The molecular formula is C7H12N2OS. The first-order chi connectivity index (χ1) is 5.24. The molecule has 0 aromatic heterocycles. The Hall–Kier alpha value is -0.690. The molecule has 0 aliphatic heterocycles. The van der Waals surface area contributed by atoms with E-state index in [0.29, 0.717) is 12.2 Å². The van der Waals surface area contributed by atoms with Crippen LogP contribution < -0.4 is 5.32 Å². The van der Waals surface area contributed by atoms with E-state index >= 15 is 0 Å². The number of amides is 1. The summed E-state index contributed by atoms with van der Waals surface area (Å²) in [6.45, 7) is 1.87. The smallest absolute Gasteiger partial charge is 0.231 e. The molecule has 0 aliphatic carbocycles. The molecule has 0 heterocycles. The van der Waals surface area contributed by atoms with Gasteiger partial charge >= 0.3 is 0 Å². The summed E-state index contributed by atoms with van der Waals surface area (Å²) < 4.78 is 0. The van der Waals surface area contributed by atoms with E-state index in [1.807, 2.05) is 19.2 Å². The van der Waals surface area contributed by atoms with Crippen molar-refractivity contribution in [2.24, 2.45) is 0 Å². The summed E-state index contributed by atoms with van der Waals surface area (Å²) in [7, 11) is 0. The predicted octanol–water partition coefficient (Wildman–Crippen LogP) is 0.768. The number of rotatable bonds is 4. The van der Waals surface area contributed by atoms with Gasteiger partial charge in [-0.3, -0.25) is 4.79 Å². The second-order valence-corrected chi connectivity index (χ2v) is 2.96. The van der Waals surface area contributed by atoms with Crippen molar-refractivity contribution >= 4 is 17.7 Å². The molecule has 0 bridgehead atoms. The van der Waals surface area contributed by atoms with E-state index in [9.17, 15) is 4.79 Å². The van der Waals surface area contributed by atoms with E-state index in [-0.39, 0.29) is 11.9 Å². The first-order valence-electron chi connectivity index (χ1n) is 3.42. The summed E-state index contributed by atoms with van der Waals surface area (Å²) >= 11 is 1.45. The van der Waals surface area contributed by atoms with E-state index < -0.39 is 0 Å². The number of carbonyl (C=O) groups is 1. The summed E-state index contributed by atoms with van der Waals surface area (Å²) in [5, 5.41) is 11.1. The monoisotopic (exact) mass is 172 g/mol. The lowest BCUT2D eigenvalue weighted by atomic mass is 10.2. The van der Waals surface area contributed by atoms with E-state index in [0.717, 1.165) is 0 Å². The van der Waals surface area contributed by atoms with Crippen LogP contribution in [0.2, 0.25) is 0 Å². The number of hydrogen-bond acceptors (Lipinski definition) is 3. The number of nitriles is 1. The van der Waals surface area contributed by atoms with Gasteiger partial charge in [-0.05, 0) is 12.7 Å². The SMILES string of the molecule is CC[C@@H](C#N)NC(=O)CSC. The van der Waals surface area contributed by atoms with Gasteiger partial charge in [0.2, 0.25) is 5.91 Å². The van der Waals surface area contributed by atoms with Crippen molar-refractivity contribution in [2.75, 3.05) is 12.0 Å². The average Bonchev–Trinajstić information content (AvgIpc) is 2.01. The Morgan fingerprint density at radius 2 is 2.45 bits per heavy atom. The van der Waals surface area contributed by atoms with Crippen molar-refractivity contribution in [2.45, 2.75) is 19.4 Å². The van der Waals surface area contributed by atoms with Crippen LogP contribution in [0.15, 0.2) is 0 Å². The largest absolute Gasteiger partial charge is 0.340 e. The topological polar surface area (TPSA) is 52.9 Å². The van der Waals surface area contributed by atoms with Crippen LogP contribution in [0.25, 0.3) is 0 Å². The first-order valence-corrected chi connectivity index (χ1v) is 4.81. The third-order valence-electron chi connectivity index (χ3n) is 1.17. The molecule has 0 spiro atoms. The van der Waals surface area contributed by atoms with Crippen molar-refractivity contribution < 1.29 is 4.79 Å². The molecule has 0 aromatic carbocycles. The molecule has 0 aliphatic rings. The van der Waals surface area contributed by atoms with Crippen LogP contribution in [0.5, 0.6) is 0 Å². The molecule has 4 heteroatoms. The molecule has 0 saturated carbocycles. The number of nitrogens with one attached hydrogen (secondary N) is 1. The molecule has 0 radical (unpaired) electrons. The van der Waals surface area contributed by atoms with Crippen LogP contribution in [-0.4, -0.2) is 24.0 Å². The molecular weight excluding hydrogens is 160 g/mol. The van der Waals surface area contributed by atoms with Gasteiger partial charge in [-0.1, -0.05) is 6.92 Å². The maximum absolute atomic E-state index is 10.9. The fourth-order valence-electron chi connectivity index (χ4n) is 0.593. The molecule has 0 saturated heterocycles. The molecule has 0 rings (SSSR count). The summed E-state index contributed by atoms with van der Waals surface area (Å²) in [5.41, 5.74) is 0. The van der Waals surface area contributed by atoms with Gasteiger partial charge < -0.3 is 5.32 Å². The highest BCUT2D eigenvalue weighted by Crippen LogP contribution is 1.92. The van der Waals surface area contributed by atoms with Crippen LogP contribution in [0, 0.1) is 11.3 Å². The molecule has 1 N–H and O–H groups in total. The fraction of sp³-hybridized carbons (Fsp3) is 0.714. The number of carbonyl (C=O) groups excluding carboxylic acids is 1. The van der Waals surface area contributed by atoms with Crippen molar-refractivity contribution in [3.63, 3.8) is 0 Å². The highest BCUT2D eigenvalue weighted by molar-refractivity contribution is 7.99. The summed E-state index contributed by atoms with van der Waals surface area (Å²) in [5.74, 6) is 0.365. The number of nitrogens with zero attached hydrogens (tertiary/aromatic N) is 1. The van der Waals surface area contributed by atoms with Gasteiger partial charge in [-0.2, -0.15) is 17.0 Å². The lowest BCUT2D eigenvalue weighted by Gasteiger charge is -2.07. The molecule has 1 atom stereocenters. The second kappa shape index (κ2) is 6.05. The molecule has 0 fully saturated rings. The third-order valence-corrected chi connectivity index (χ3v) is 1.73. The van der Waals surface area contributed by atoms with Crippen molar-refractivity contribution in [1.29, 1.82) is 5.26 Å². The standard InChI is InChI=1S/C7H12N2OS/c1-3-6(4-8)9-7(10)5-11-2/h6H,3,5H2,1-2H3,(H,9,10)/t6-/m0/s1. The Morgan fingerprint density at radius 1 is 1.82 bits per heavy atom. The van der Waals surface area contributed by atoms with Gasteiger partial charge in [0.1, 0.15) is 6.04 Å². The Bertz CT molecular complexity index is 164. The summed E-state index contributed by atoms with van der Waals surface area (Å²) in [6.07, 6.45) is 2.52. The predicted molar refractivity (Wildman–Crippen MR) is 46.2 cm³/mol. The zero-order valence-corrected chi connectivity index (χ0v) is 7.57. The van der Waals surface area contributed by atoms with Gasteiger partial charge in [0.15, 0.2) is 0 Å². The summed E-state index contributed by atoms with van der Waals surface area (Å²) in [6, 6.07) is 1.68. The molecule has 62 valence electrons. The fourth-order valence-corrected chi connectivity index (χ4v) is 0.938. The second-order valence-electron chi connectivity index (χ2n) is 2.09. The Morgan fingerprint density at radius 3 is 2.82 bits per heavy atom. The van der Waals surface area contributed by atoms with Crippen LogP contribution in [0.4, 0.5) is 0 Å². The van der Waals surface area contributed by atoms with Crippen LogP contribution in [0.3, 0.4) is 0 Å². The molecule has 11 heavy (non-hydrogen) atoms. The van der Waals surface area contributed by atoms with Crippen LogP contribution in [-0.2, 0) is 4.79 Å². The van der Waals surface area contributed by atoms with Crippen molar-refractivity contribution in [3.05, 3.63) is 0 Å². The van der Waals surface area contributed by atoms with E-state index in [1.54, 1.807) is 0 Å². The maximum Gasteiger partial charge on any atom is 0.231 e. The van der Waals surface area contributed by atoms with Gasteiger partial charge in [0.05, 0.1) is 11.8 Å². The van der Waals surface area contributed by atoms with Gasteiger partial charge in [0.25, 0.3) is 0 Å². The van der Waals surface area contributed by atoms with Crippen molar-refractivity contribution in [3.8, 4) is 6.07 Å². The van der Waals surface area contributed by atoms with E-state index in [4.69, 9.17) is 5.26 Å². The molecule has 3 nitrogen and oxygen atoms in total. The third kappa shape index (κ3) is 4.68. The van der Waals surface area contributed by atoms with Gasteiger partial charge in [0, 0.05) is 0 Å². The average molecular weight is 172 g/mol. The lowest BCUT2D eigenvalue weighted by Crippen LogP contribution is -2.34. The summed E-state index contributed by atoms with van der Waals surface area (Å²) in [4.78, 5) is 10.9. The van der Waals surface area contributed by atoms with Gasteiger partial charge in [-0.25, -0.2) is 0 Å². The normalized spacial score (nSPS) is 11.7. The quantitative estimate of drug-likeness (QED) is 0.681. The molecule has 1 amide bonds. The Balaban J connectivity index is 3.65. The molecule has 0 aromatic rings. The minimum Gasteiger partial charge on any atom is -0.340 e. The first kappa shape index (κ1) is 10.3. The number of hydrogen-bond donors (Lipinski definition) is 1. The zero-order chi connectivity index (χ0) is 8.69. The minimum absolute atomic E-state index is 0.0640. The van der Waals surface area contributed by atoms with Crippen LogP contribution in [0.1, 0.15) is 13.3 Å². The molecule has 0 unspecified atom stereocenters. The van der Waals surface area contributed by atoms with E-state index in [1.165, 1.54) is 11.8 Å². The van der Waals surface area contributed by atoms with Crippen LogP contribution >= 0.6 is 11.8 Å². The van der Waals surface area contributed by atoms with Gasteiger partial charge in [-0.15, -0.1) is 0 Å². The van der Waals surface area contributed by atoms with E-state index in [2.05, 4.69) is 5.32 Å². The minimum atomic E-state index is -0.324. The zero-order valence-electron chi connectivity index (χ0n) is 6.76. The maximum atomic E-state index is 10.9. The lowest BCUT2D eigenvalue weighted by molar-refractivity contribution is -0.118. The highest BCUT2D eigenvalue weighted by Gasteiger charge is 2.06. The highest BCUT2D eigenvalue weighted by atomic mass is 32.2. The Kier molecular flexibility index (Phi) is 5.67. The Labute approximate surface area is 71.2 Å².